The standard InChI is InChI=1S/C14H21NO3/c1-3-5-13(14(16)17)15-11-6-8-12(9-7-11)18-10-4-2/h6-9,13,15H,3-5,10H2,1-2H3,(H,16,17). The minimum Gasteiger partial charge on any atom is -0.494 e. The topological polar surface area (TPSA) is 58.6 Å². The van der Waals surface area contributed by atoms with Crippen LogP contribution in [0.2, 0.25) is 0 Å². The monoisotopic (exact) mass is 251 g/mol. The predicted octanol–water partition coefficient (Wildman–Crippen LogP) is 3.14. The number of benzene rings is 1. The highest BCUT2D eigenvalue weighted by molar-refractivity contribution is 5.77. The molecule has 0 bridgehead atoms. The summed E-state index contributed by atoms with van der Waals surface area (Å²) in [6.45, 7) is 4.72. The first-order chi connectivity index (χ1) is 8.67. The maximum atomic E-state index is 11.0. The van der Waals surface area contributed by atoms with Crippen molar-refractivity contribution >= 4 is 11.7 Å². The third-order valence-corrected chi connectivity index (χ3v) is 2.54. The van der Waals surface area contributed by atoms with Crippen molar-refractivity contribution in [2.24, 2.45) is 0 Å². The third-order valence-electron chi connectivity index (χ3n) is 2.54. The summed E-state index contributed by atoms with van der Waals surface area (Å²) in [4.78, 5) is 11.0. The quantitative estimate of drug-likeness (QED) is 0.745. The normalized spacial score (nSPS) is 11.9. The Labute approximate surface area is 108 Å². The van der Waals surface area contributed by atoms with Crippen molar-refractivity contribution in [2.75, 3.05) is 11.9 Å². The summed E-state index contributed by atoms with van der Waals surface area (Å²) in [5.41, 5.74) is 0.805. The van der Waals surface area contributed by atoms with E-state index in [4.69, 9.17) is 9.84 Å². The molecule has 1 rings (SSSR count). The van der Waals surface area contributed by atoms with Crippen molar-refractivity contribution in [1.82, 2.24) is 0 Å². The zero-order chi connectivity index (χ0) is 13.4. The zero-order valence-corrected chi connectivity index (χ0v) is 11.0. The molecular weight excluding hydrogens is 230 g/mol. The van der Waals surface area contributed by atoms with Gasteiger partial charge in [-0.15, -0.1) is 0 Å². The fourth-order valence-electron chi connectivity index (χ4n) is 1.61. The number of anilines is 1. The molecule has 0 aliphatic carbocycles. The van der Waals surface area contributed by atoms with Gasteiger partial charge < -0.3 is 15.2 Å². The van der Waals surface area contributed by atoms with Gasteiger partial charge in [-0.05, 0) is 37.1 Å². The van der Waals surface area contributed by atoms with Crippen LogP contribution in [0, 0.1) is 0 Å². The molecule has 0 fully saturated rings. The second-order valence-corrected chi connectivity index (χ2v) is 4.20. The maximum Gasteiger partial charge on any atom is 0.326 e. The molecule has 1 aromatic carbocycles. The molecule has 4 nitrogen and oxygen atoms in total. The molecule has 1 atom stereocenters. The summed E-state index contributed by atoms with van der Waals surface area (Å²) in [7, 11) is 0. The van der Waals surface area contributed by atoms with Crippen LogP contribution in [0.1, 0.15) is 33.1 Å². The van der Waals surface area contributed by atoms with Gasteiger partial charge in [-0.1, -0.05) is 20.3 Å². The van der Waals surface area contributed by atoms with E-state index in [1.165, 1.54) is 0 Å². The molecule has 0 spiro atoms. The Bertz CT molecular complexity index is 362. The van der Waals surface area contributed by atoms with Crippen LogP contribution >= 0.6 is 0 Å². The Hall–Kier alpha value is -1.71. The van der Waals surface area contributed by atoms with Crippen LogP contribution in [0.3, 0.4) is 0 Å². The number of nitrogens with one attached hydrogen (secondary N) is 1. The highest BCUT2D eigenvalue weighted by Gasteiger charge is 2.15. The fraction of sp³-hybridized carbons (Fsp3) is 0.500. The Morgan fingerprint density at radius 3 is 2.44 bits per heavy atom. The molecule has 1 aromatic rings. The molecule has 2 N–H and O–H groups in total. The number of ether oxygens (including phenoxy) is 1. The van der Waals surface area contributed by atoms with Crippen LogP contribution in [-0.2, 0) is 4.79 Å². The van der Waals surface area contributed by atoms with Crippen molar-refractivity contribution < 1.29 is 14.6 Å². The van der Waals surface area contributed by atoms with Crippen LogP contribution in [-0.4, -0.2) is 23.7 Å². The predicted molar refractivity (Wildman–Crippen MR) is 72.2 cm³/mol. The Morgan fingerprint density at radius 1 is 1.28 bits per heavy atom. The molecule has 0 saturated carbocycles. The average Bonchev–Trinajstić information content (AvgIpc) is 2.37. The summed E-state index contributed by atoms with van der Waals surface area (Å²) < 4.78 is 5.47. The average molecular weight is 251 g/mol. The first-order valence-electron chi connectivity index (χ1n) is 6.39. The molecule has 0 amide bonds. The number of hydrogen-bond acceptors (Lipinski definition) is 3. The van der Waals surface area contributed by atoms with Gasteiger partial charge in [0.2, 0.25) is 0 Å². The molecule has 0 aromatic heterocycles. The maximum absolute atomic E-state index is 11.0. The van der Waals surface area contributed by atoms with Gasteiger partial charge in [0.15, 0.2) is 0 Å². The van der Waals surface area contributed by atoms with Gasteiger partial charge in [-0.25, -0.2) is 4.79 Å². The van der Waals surface area contributed by atoms with Gasteiger partial charge >= 0.3 is 5.97 Å². The van der Waals surface area contributed by atoms with E-state index in [0.717, 1.165) is 24.3 Å². The van der Waals surface area contributed by atoms with Crippen LogP contribution in [0.25, 0.3) is 0 Å². The molecule has 1 unspecified atom stereocenters. The van der Waals surface area contributed by atoms with Crippen LogP contribution < -0.4 is 10.1 Å². The van der Waals surface area contributed by atoms with E-state index >= 15 is 0 Å². The number of aliphatic carboxylic acids is 1. The lowest BCUT2D eigenvalue weighted by Crippen LogP contribution is -2.28. The van der Waals surface area contributed by atoms with Crippen molar-refractivity contribution in [3.63, 3.8) is 0 Å². The lowest BCUT2D eigenvalue weighted by Gasteiger charge is -2.15. The fourth-order valence-corrected chi connectivity index (χ4v) is 1.61. The van der Waals surface area contributed by atoms with Gasteiger partial charge in [0, 0.05) is 5.69 Å². The van der Waals surface area contributed by atoms with Crippen molar-refractivity contribution in [2.45, 2.75) is 39.2 Å². The second kappa shape index (κ2) is 7.58. The van der Waals surface area contributed by atoms with Crippen LogP contribution in [0.4, 0.5) is 5.69 Å². The molecule has 0 aliphatic rings. The third kappa shape index (κ3) is 4.65. The molecule has 18 heavy (non-hydrogen) atoms. The summed E-state index contributed by atoms with van der Waals surface area (Å²) >= 11 is 0. The summed E-state index contributed by atoms with van der Waals surface area (Å²) in [5.74, 6) is -0.00655. The molecule has 100 valence electrons. The molecule has 4 heteroatoms. The van der Waals surface area contributed by atoms with E-state index < -0.39 is 12.0 Å². The SMILES string of the molecule is CCCOc1ccc(NC(CCC)C(=O)O)cc1. The van der Waals surface area contributed by atoms with E-state index in [1.807, 2.05) is 31.2 Å². The number of carboxylic acid groups (broad SMARTS) is 1. The molecular formula is C14H21NO3. The van der Waals surface area contributed by atoms with Gasteiger partial charge in [0.05, 0.1) is 6.61 Å². The summed E-state index contributed by atoms with van der Waals surface area (Å²) in [5, 5.41) is 12.1. The molecule has 0 radical (unpaired) electrons. The summed E-state index contributed by atoms with van der Waals surface area (Å²) in [6, 6.07) is 6.86. The van der Waals surface area contributed by atoms with E-state index in [2.05, 4.69) is 12.2 Å². The highest BCUT2D eigenvalue weighted by Crippen LogP contribution is 2.17. The van der Waals surface area contributed by atoms with Gasteiger partial charge in [-0.3, -0.25) is 0 Å². The number of hydrogen-bond donors (Lipinski definition) is 2. The summed E-state index contributed by atoms with van der Waals surface area (Å²) in [6.07, 6.45) is 2.42. The second-order valence-electron chi connectivity index (χ2n) is 4.20. The first-order valence-corrected chi connectivity index (χ1v) is 6.39. The van der Waals surface area contributed by atoms with Crippen LogP contribution in [0.5, 0.6) is 5.75 Å². The number of carboxylic acids is 1. The first kappa shape index (κ1) is 14.4. The smallest absolute Gasteiger partial charge is 0.326 e. The van der Waals surface area contributed by atoms with E-state index in [0.29, 0.717) is 13.0 Å². The molecule has 0 aliphatic heterocycles. The van der Waals surface area contributed by atoms with Gasteiger partial charge in [0.25, 0.3) is 0 Å². The Morgan fingerprint density at radius 2 is 1.94 bits per heavy atom. The van der Waals surface area contributed by atoms with Crippen LogP contribution in [0.15, 0.2) is 24.3 Å². The zero-order valence-electron chi connectivity index (χ0n) is 11.0. The lowest BCUT2D eigenvalue weighted by atomic mass is 10.1. The van der Waals surface area contributed by atoms with Gasteiger partial charge in [-0.2, -0.15) is 0 Å². The molecule has 0 saturated heterocycles. The van der Waals surface area contributed by atoms with Gasteiger partial charge in [0.1, 0.15) is 11.8 Å². The largest absolute Gasteiger partial charge is 0.494 e. The lowest BCUT2D eigenvalue weighted by molar-refractivity contribution is -0.138. The Balaban J connectivity index is 2.58. The number of carbonyl (C=O) groups is 1. The minimum absolute atomic E-state index is 0.530. The minimum atomic E-state index is -0.817. The highest BCUT2D eigenvalue weighted by atomic mass is 16.5. The van der Waals surface area contributed by atoms with E-state index in [-0.39, 0.29) is 0 Å². The Kier molecular flexibility index (Phi) is 6.05. The van der Waals surface area contributed by atoms with Crippen molar-refractivity contribution in [3.05, 3.63) is 24.3 Å². The van der Waals surface area contributed by atoms with E-state index in [9.17, 15) is 4.79 Å². The number of rotatable bonds is 8. The van der Waals surface area contributed by atoms with Crippen molar-refractivity contribution in [3.8, 4) is 5.75 Å². The van der Waals surface area contributed by atoms with E-state index in [1.54, 1.807) is 0 Å². The molecule has 0 heterocycles. The van der Waals surface area contributed by atoms with Crippen molar-refractivity contribution in [1.29, 1.82) is 0 Å².